The fourth-order valence-corrected chi connectivity index (χ4v) is 2.47. The molecule has 1 fully saturated rings. The number of rotatable bonds is 4. The number of urea groups is 1. The second-order valence-corrected chi connectivity index (χ2v) is 5.93. The molecular formula is C14H26N2O3. The van der Waals surface area contributed by atoms with Crippen LogP contribution in [-0.2, 0) is 4.79 Å². The molecule has 2 amide bonds. The van der Waals surface area contributed by atoms with E-state index in [1.54, 1.807) is 4.90 Å². The van der Waals surface area contributed by atoms with Crippen molar-refractivity contribution in [1.82, 2.24) is 10.2 Å². The molecule has 1 saturated heterocycles. The highest BCUT2D eigenvalue weighted by Gasteiger charge is 2.31. The number of nitrogens with one attached hydrogen (secondary N) is 1. The maximum atomic E-state index is 12.1. The third-order valence-corrected chi connectivity index (χ3v) is 3.79. The third-order valence-electron chi connectivity index (χ3n) is 3.79. The largest absolute Gasteiger partial charge is 0.480 e. The van der Waals surface area contributed by atoms with Crippen LogP contribution in [0, 0.1) is 5.92 Å². The minimum Gasteiger partial charge on any atom is -0.480 e. The van der Waals surface area contributed by atoms with Gasteiger partial charge in [0.15, 0.2) is 0 Å². The molecule has 0 aromatic heterocycles. The average molecular weight is 270 g/mol. The first-order valence-electron chi connectivity index (χ1n) is 7.17. The molecule has 1 unspecified atom stereocenters. The summed E-state index contributed by atoms with van der Waals surface area (Å²) in [7, 11) is 0. The van der Waals surface area contributed by atoms with Crippen molar-refractivity contribution in [2.75, 3.05) is 13.1 Å². The SMILES string of the molecule is CCCC1CCCN(C(=O)NC(C)(C)C(=O)O)CC1. The van der Waals surface area contributed by atoms with Gasteiger partial charge in [-0.3, -0.25) is 0 Å². The first kappa shape index (κ1) is 15.8. The van der Waals surface area contributed by atoms with Gasteiger partial charge in [-0.2, -0.15) is 0 Å². The maximum Gasteiger partial charge on any atom is 0.328 e. The Labute approximate surface area is 115 Å². The molecule has 5 heteroatoms. The highest BCUT2D eigenvalue weighted by atomic mass is 16.4. The Morgan fingerprint density at radius 1 is 1.32 bits per heavy atom. The number of carbonyl (C=O) groups is 2. The Hall–Kier alpha value is -1.26. The van der Waals surface area contributed by atoms with Gasteiger partial charge in [-0.25, -0.2) is 9.59 Å². The Balaban J connectivity index is 2.52. The summed E-state index contributed by atoms with van der Waals surface area (Å²) in [5.74, 6) is -0.310. The highest BCUT2D eigenvalue weighted by molar-refractivity contribution is 5.85. The molecular weight excluding hydrogens is 244 g/mol. The van der Waals surface area contributed by atoms with E-state index < -0.39 is 11.5 Å². The molecule has 1 rings (SSSR count). The van der Waals surface area contributed by atoms with E-state index in [1.165, 1.54) is 33.1 Å². The molecule has 1 aliphatic rings. The van der Waals surface area contributed by atoms with E-state index in [1.807, 2.05) is 0 Å². The van der Waals surface area contributed by atoms with E-state index in [0.29, 0.717) is 5.92 Å². The zero-order valence-corrected chi connectivity index (χ0v) is 12.2. The average Bonchev–Trinajstić information content (AvgIpc) is 2.54. The summed E-state index contributed by atoms with van der Waals surface area (Å²) in [6.07, 6.45) is 5.60. The number of hydrogen-bond donors (Lipinski definition) is 2. The van der Waals surface area contributed by atoms with Crippen LogP contribution >= 0.6 is 0 Å². The molecule has 0 spiro atoms. The van der Waals surface area contributed by atoms with Crippen molar-refractivity contribution in [2.24, 2.45) is 5.92 Å². The van der Waals surface area contributed by atoms with Gasteiger partial charge in [0, 0.05) is 13.1 Å². The minimum absolute atomic E-state index is 0.260. The molecule has 0 radical (unpaired) electrons. The standard InChI is InChI=1S/C14H26N2O3/c1-4-6-11-7-5-9-16(10-8-11)13(19)15-14(2,3)12(17)18/h11H,4-10H2,1-3H3,(H,15,19)(H,17,18). The lowest BCUT2D eigenvalue weighted by molar-refractivity contribution is -0.143. The second-order valence-electron chi connectivity index (χ2n) is 5.93. The lowest BCUT2D eigenvalue weighted by Gasteiger charge is -2.27. The van der Waals surface area contributed by atoms with Gasteiger partial charge in [-0.1, -0.05) is 19.8 Å². The van der Waals surface area contributed by atoms with Crippen LogP contribution < -0.4 is 5.32 Å². The molecule has 0 aromatic carbocycles. The van der Waals surface area contributed by atoms with Crippen molar-refractivity contribution < 1.29 is 14.7 Å². The number of nitrogens with zero attached hydrogens (tertiary/aromatic N) is 1. The van der Waals surface area contributed by atoms with Crippen LogP contribution in [0.5, 0.6) is 0 Å². The van der Waals surface area contributed by atoms with Gasteiger partial charge in [0.25, 0.3) is 0 Å². The Bertz CT molecular complexity index is 329. The molecule has 0 aliphatic carbocycles. The topological polar surface area (TPSA) is 69.6 Å². The summed E-state index contributed by atoms with van der Waals surface area (Å²) >= 11 is 0. The molecule has 2 N–H and O–H groups in total. The van der Waals surface area contributed by atoms with Crippen molar-refractivity contribution in [3.8, 4) is 0 Å². The van der Waals surface area contributed by atoms with Crippen LogP contribution in [0.3, 0.4) is 0 Å². The van der Waals surface area contributed by atoms with Gasteiger partial charge in [0.2, 0.25) is 0 Å². The van der Waals surface area contributed by atoms with Crippen molar-refractivity contribution >= 4 is 12.0 Å². The number of aliphatic carboxylic acids is 1. The summed E-state index contributed by atoms with van der Waals surface area (Å²) in [6, 6.07) is -0.260. The van der Waals surface area contributed by atoms with Gasteiger partial charge in [0.1, 0.15) is 5.54 Å². The maximum absolute atomic E-state index is 12.1. The van der Waals surface area contributed by atoms with Gasteiger partial charge in [-0.15, -0.1) is 0 Å². The summed E-state index contributed by atoms with van der Waals surface area (Å²) in [6.45, 7) is 6.65. The van der Waals surface area contributed by atoms with E-state index in [9.17, 15) is 9.59 Å². The van der Waals surface area contributed by atoms with Gasteiger partial charge in [0.05, 0.1) is 0 Å². The first-order valence-corrected chi connectivity index (χ1v) is 7.17. The van der Waals surface area contributed by atoms with E-state index in [2.05, 4.69) is 12.2 Å². The lowest BCUT2D eigenvalue weighted by Crippen LogP contribution is -2.54. The number of amides is 2. The van der Waals surface area contributed by atoms with Crippen molar-refractivity contribution in [1.29, 1.82) is 0 Å². The molecule has 1 heterocycles. The Morgan fingerprint density at radius 3 is 2.58 bits per heavy atom. The zero-order valence-electron chi connectivity index (χ0n) is 12.2. The van der Waals surface area contributed by atoms with E-state index in [4.69, 9.17) is 5.11 Å². The lowest BCUT2D eigenvalue weighted by atomic mass is 9.96. The summed E-state index contributed by atoms with van der Waals surface area (Å²) < 4.78 is 0. The highest BCUT2D eigenvalue weighted by Crippen LogP contribution is 2.22. The van der Waals surface area contributed by atoms with Crippen LogP contribution in [0.25, 0.3) is 0 Å². The Kier molecular flexibility index (Phi) is 5.63. The number of carboxylic acids is 1. The summed E-state index contributed by atoms with van der Waals surface area (Å²) in [5, 5.41) is 11.6. The Morgan fingerprint density at radius 2 is 2.00 bits per heavy atom. The minimum atomic E-state index is -1.22. The van der Waals surface area contributed by atoms with E-state index >= 15 is 0 Å². The van der Waals surface area contributed by atoms with Crippen molar-refractivity contribution in [3.63, 3.8) is 0 Å². The monoisotopic (exact) mass is 270 g/mol. The zero-order chi connectivity index (χ0) is 14.5. The van der Waals surface area contributed by atoms with Crippen molar-refractivity contribution in [2.45, 2.75) is 58.4 Å². The van der Waals surface area contributed by atoms with Crippen LogP contribution in [0.15, 0.2) is 0 Å². The second kappa shape index (κ2) is 6.78. The van der Waals surface area contributed by atoms with Gasteiger partial charge in [-0.05, 0) is 39.0 Å². The number of carbonyl (C=O) groups excluding carboxylic acids is 1. The summed E-state index contributed by atoms with van der Waals surface area (Å²) in [5.41, 5.74) is -1.22. The van der Waals surface area contributed by atoms with Crippen LogP contribution in [0.4, 0.5) is 4.79 Å². The predicted octanol–water partition coefficient (Wildman–Crippen LogP) is 2.46. The fraction of sp³-hybridized carbons (Fsp3) is 0.857. The molecule has 19 heavy (non-hydrogen) atoms. The molecule has 110 valence electrons. The smallest absolute Gasteiger partial charge is 0.328 e. The quantitative estimate of drug-likeness (QED) is 0.824. The summed E-state index contributed by atoms with van der Waals surface area (Å²) in [4.78, 5) is 24.8. The molecule has 0 bridgehead atoms. The number of hydrogen-bond acceptors (Lipinski definition) is 2. The van der Waals surface area contributed by atoms with Crippen LogP contribution in [0.1, 0.15) is 52.9 Å². The molecule has 1 aliphatic heterocycles. The molecule has 0 aromatic rings. The van der Waals surface area contributed by atoms with E-state index in [0.717, 1.165) is 25.9 Å². The van der Waals surface area contributed by atoms with Gasteiger partial charge >= 0.3 is 12.0 Å². The van der Waals surface area contributed by atoms with Crippen molar-refractivity contribution in [3.05, 3.63) is 0 Å². The molecule has 0 saturated carbocycles. The number of carboxylic acid groups (broad SMARTS) is 1. The third kappa shape index (κ3) is 4.73. The predicted molar refractivity (Wildman–Crippen MR) is 74.1 cm³/mol. The van der Waals surface area contributed by atoms with E-state index in [-0.39, 0.29) is 6.03 Å². The molecule has 5 nitrogen and oxygen atoms in total. The first-order chi connectivity index (χ1) is 8.86. The number of likely N-dealkylation sites (tertiary alicyclic amines) is 1. The van der Waals surface area contributed by atoms with Crippen LogP contribution in [0.2, 0.25) is 0 Å². The molecule has 1 atom stereocenters. The van der Waals surface area contributed by atoms with Crippen LogP contribution in [-0.4, -0.2) is 40.6 Å². The fourth-order valence-electron chi connectivity index (χ4n) is 2.47. The van der Waals surface area contributed by atoms with Gasteiger partial charge < -0.3 is 15.3 Å². The normalized spacial score (nSPS) is 20.8.